The summed E-state index contributed by atoms with van der Waals surface area (Å²) in [5.74, 6) is -0.0587. The van der Waals surface area contributed by atoms with Gasteiger partial charge in [0.15, 0.2) is 0 Å². The van der Waals surface area contributed by atoms with E-state index in [0.29, 0.717) is 4.88 Å². The van der Waals surface area contributed by atoms with Gasteiger partial charge in [-0.2, -0.15) is 0 Å². The highest BCUT2D eigenvalue weighted by atomic mass is 32.1. The van der Waals surface area contributed by atoms with Gasteiger partial charge in [0.05, 0.1) is 18.8 Å². The molecule has 1 aliphatic rings. The van der Waals surface area contributed by atoms with Crippen LogP contribution in [0.3, 0.4) is 0 Å². The lowest BCUT2D eigenvalue weighted by molar-refractivity contribution is 0.0682. The maximum Gasteiger partial charge on any atom is 0.267 e. The van der Waals surface area contributed by atoms with E-state index in [2.05, 4.69) is 9.59 Å². The Morgan fingerprint density at radius 2 is 2.64 bits per heavy atom. The van der Waals surface area contributed by atoms with Gasteiger partial charge in [-0.05, 0) is 24.4 Å². The smallest absolute Gasteiger partial charge is 0.267 e. The maximum absolute atomic E-state index is 11.8. The lowest BCUT2D eigenvalue weighted by Crippen LogP contribution is -2.37. The molecule has 0 bridgehead atoms. The van der Waals surface area contributed by atoms with Crippen LogP contribution in [-0.2, 0) is 0 Å². The van der Waals surface area contributed by atoms with Crippen LogP contribution in [0.15, 0.2) is 6.20 Å². The number of aliphatic hydroxyl groups excluding tert-OH is 1. The van der Waals surface area contributed by atoms with E-state index in [1.54, 1.807) is 4.90 Å². The Balaban J connectivity index is 2.11. The molecule has 0 aliphatic carbocycles. The molecule has 2 heterocycles. The predicted octanol–water partition coefficient (Wildman–Crippen LogP) is 0.135. The van der Waals surface area contributed by atoms with E-state index >= 15 is 0 Å². The van der Waals surface area contributed by atoms with Crippen molar-refractivity contribution in [2.24, 2.45) is 0 Å². The van der Waals surface area contributed by atoms with Gasteiger partial charge in [-0.1, -0.05) is 4.49 Å². The van der Waals surface area contributed by atoms with Crippen molar-refractivity contribution in [2.45, 2.75) is 18.9 Å². The number of hydrogen-bond donors (Lipinski definition) is 1. The Bertz CT molecular complexity index is 314. The molecule has 1 saturated heterocycles. The van der Waals surface area contributed by atoms with E-state index in [-0.39, 0.29) is 18.6 Å². The topological polar surface area (TPSA) is 66.3 Å². The highest BCUT2D eigenvalue weighted by Gasteiger charge is 2.29. The van der Waals surface area contributed by atoms with E-state index in [1.807, 2.05) is 0 Å². The standard InChI is InChI=1S/C8H11N3O2S/c12-5-6-2-1-3-11(6)8(13)7-4-9-10-14-7/h4,6,12H,1-3,5H2/t6-/m0/s1. The van der Waals surface area contributed by atoms with Crippen LogP contribution < -0.4 is 0 Å². The van der Waals surface area contributed by atoms with Crippen LogP contribution in [0.5, 0.6) is 0 Å². The minimum Gasteiger partial charge on any atom is -0.394 e. The first-order valence-corrected chi connectivity index (χ1v) is 5.29. The Labute approximate surface area is 85.5 Å². The normalized spacial score (nSPS) is 21.5. The lowest BCUT2D eigenvalue weighted by atomic mass is 10.2. The van der Waals surface area contributed by atoms with Crippen molar-refractivity contribution in [2.75, 3.05) is 13.2 Å². The summed E-state index contributed by atoms with van der Waals surface area (Å²) in [6.07, 6.45) is 3.32. The summed E-state index contributed by atoms with van der Waals surface area (Å²) in [5, 5.41) is 12.7. The number of aromatic nitrogens is 2. The molecule has 0 unspecified atom stereocenters. The van der Waals surface area contributed by atoms with Crippen molar-refractivity contribution in [1.82, 2.24) is 14.5 Å². The van der Waals surface area contributed by atoms with Gasteiger partial charge in [0.1, 0.15) is 4.88 Å². The van der Waals surface area contributed by atoms with Crippen LogP contribution in [-0.4, -0.2) is 44.7 Å². The Hall–Kier alpha value is -1.01. The summed E-state index contributed by atoms with van der Waals surface area (Å²) in [7, 11) is 0. The van der Waals surface area contributed by atoms with Gasteiger partial charge in [0.25, 0.3) is 5.91 Å². The third-order valence-corrected chi connectivity index (χ3v) is 3.07. The molecule has 76 valence electrons. The SMILES string of the molecule is O=C(c1cnns1)N1CCC[C@H]1CO. The average Bonchev–Trinajstić information content (AvgIpc) is 2.87. The zero-order valence-electron chi connectivity index (χ0n) is 7.59. The highest BCUT2D eigenvalue weighted by Crippen LogP contribution is 2.20. The van der Waals surface area contributed by atoms with Crippen LogP contribution in [0.1, 0.15) is 22.5 Å². The number of rotatable bonds is 2. The minimum atomic E-state index is -0.0587. The van der Waals surface area contributed by atoms with Crippen LogP contribution in [0.25, 0.3) is 0 Å². The summed E-state index contributed by atoms with van der Waals surface area (Å²) < 4.78 is 3.65. The third kappa shape index (κ3) is 1.62. The van der Waals surface area contributed by atoms with E-state index in [9.17, 15) is 4.79 Å². The fraction of sp³-hybridized carbons (Fsp3) is 0.625. The van der Waals surface area contributed by atoms with Gasteiger partial charge in [-0.15, -0.1) is 5.10 Å². The number of carbonyl (C=O) groups excluding carboxylic acids is 1. The number of likely N-dealkylation sites (tertiary alicyclic amines) is 1. The fourth-order valence-corrected chi connectivity index (χ4v) is 2.17. The second-order valence-electron chi connectivity index (χ2n) is 3.26. The van der Waals surface area contributed by atoms with Crippen molar-refractivity contribution in [1.29, 1.82) is 0 Å². The molecule has 0 aromatic carbocycles. The van der Waals surface area contributed by atoms with Gasteiger partial charge < -0.3 is 10.0 Å². The lowest BCUT2D eigenvalue weighted by Gasteiger charge is -2.21. The van der Waals surface area contributed by atoms with E-state index in [0.717, 1.165) is 30.9 Å². The minimum absolute atomic E-state index is 0.0235. The van der Waals surface area contributed by atoms with E-state index in [4.69, 9.17) is 5.11 Å². The van der Waals surface area contributed by atoms with E-state index in [1.165, 1.54) is 6.20 Å². The molecule has 0 spiro atoms. The summed E-state index contributed by atoms with van der Waals surface area (Å²) in [5.41, 5.74) is 0. The van der Waals surface area contributed by atoms with Crippen LogP contribution in [0.2, 0.25) is 0 Å². The summed E-state index contributed by atoms with van der Waals surface area (Å²) >= 11 is 1.10. The van der Waals surface area contributed by atoms with Gasteiger partial charge in [0.2, 0.25) is 0 Å². The number of hydrogen-bond acceptors (Lipinski definition) is 5. The zero-order valence-corrected chi connectivity index (χ0v) is 8.40. The van der Waals surface area contributed by atoms with E-state index < -0.39 is 0 Å². The van der Waals surface area contributed by atoms with Crippen molar-refractivity contribution >= 4 is 17.4 Å². The summed E-state index contributed by atoms with van der Waals surface area (Å²) in [4.78, 5) is 14.1. The number of carbonyl (C=O) groups is 1. The number of aliphatic hydroxyl groups is 1. The molecule has 2 rings (SSSR count). The molecule has 1 N–H and O–H groups in total. The number of amides is 1. The van der Waals surface area contributed by atoms with Crippen molar-refractivity contribution in [3.05, 3.63) is 11.1 Å². The highest BCUT2D eigenvalue weighted by molar-refractivity contribution is 7.07. The van der Waals surface area contributed by atoms with Gasteiger partial charge in [0, 0.05) is 6.54 Å². The number of nitrogens with zero attached hydrogens (tertiary/aromatic N) is 3. The molecule has 6 heteroatoms. The van der Waals surface area contributed by atoms with Gasteiger partial charge in [-0.25, -0.2) is 0 Å². The molecule has 1 aromatic heterocycles. The first-order valence-electron chi connectivity index (χ1n) is 4.52. The van der Waals surface area contributed by atoms with Gasteiger partial charge >= 0.3 is 0 Å². The molecule has 1 amide bonds. The predicted molar refractivity (Wildman–Crippen MR) is 51.1 cm³/mol. The Morgan fingerprint density at radius 1 is 1.79 bits per heavy atom. The molecule has 1 fully saturated rings. The second kappa shape index (κ2) is 4.02. The van der Waals surface area contributed by atoms with Crippen molar-refractivity contribution in [3.8, 4) is 0 Å². The van der Waals surface area contributed by atoms with Crippen LogP contribution in [0, 0.1) is 0 Å². The molecule has 0 radical (unpaired) electrons. The third-order valence-electron chi connectivity index (χ3n) is 2.42. The quantitative estimate of drug-likeness (QED) is 0.758. The molecular weight excluding hydrogens is 202 g/mol. The van der Waals surface area contributed by atoms with Gasteiger partial charge in [-0.3, -0.25) is 4.79 Å². The Morgan fingerprint density at radius 3 is 3.29 bits per heavy atom. The average molecular weight is 213 g/mol. The monoisotopic (exact) mass is 213 g/mol. The zero-order chi connectivity index (χ0) is 9.97. The second-order valence-corrected chi connectivity index (χ2v) is 4.04. The molecule has 1 aliphatic heterocycles. The fourth-order valence-electron chi connectivity index (χ4n) is 1.70. The molecule has 5 nitrogen and oxygen atoms in total. The summed E-state index contributed by atoms with van der Waals surface area (Å²) in [6.45, 7) is 0.764. The maximum atomic E-state index is 11.8. The van der Waals surface area contributed by atoms with Crippen molar-refractivity contribution < 1.29 is 9.90 Å². The molecule has 1 aromatic rings. The van der Waals surface area contributed by atoms with Crippen LogP contribution >= 0.6 is 11.5 Å². The molecule has 14 heavy (non-hydrogen) atoms. The first-order chi connectivity index (χ1) is 6.83. The van der Waals surface area contributed by atoms with Crippen molar-refractivity contribution in [3.63, 3.8) is 0 Å². The first kappa shape index (κ1) is 9.54. The van der Waals surface area contributed by atoms with Crippen LogP contribution in [0.4, 0.5) is 0 Å². The summed E-state index contributed by atoms with van der Waals surface area (Å²) in [6, 6.07) is -0.0235. The molecular formula is C8H11N3O2S. The largest absolute Gasteiger partial charge is 0.394 e. The Kier molecular flexibility index (Phi) is 2.74. The molecule has 1 atom stereocenters. The molecule has 0 saturated carbocycles.